The van der Waals surface area contributed by atoms with E-state index in [0.717, 1.165) is 25.7 Å². The van der Waals surface area contributed by atoms with Crippen molar-refractivity contribution in [1.29, 1.82) is 0 Å². The molecule has 4 amide bonds. The van der Waals surface area contributed by atoms with Crippen molar-refractivity contribution in [1.82, 2.24) is 10.6 Å². The Labute approximate surface area is 81.2 Å². The predicted molar refractivity (Wildman–Crippen MR) is 47.1 cm³/mol. The Hall–Kier alpha value is -1.39. The first-order valence-electron chi connectivity index (χ1n) is 4.84. The third kappa shape index (κ3) is 1.49. The molecule has 1 aliphatic heterocycles. The number of carbonyl (C=O) groups is 3. The number of rotatable bonds is 1. The molecule has 76 valence electrons. The van der Waals surface area contributed by atoms with Gasteiger partial charge < -0.3 is 0 Å². The minimum Gasteiger partial charge on any atom is -0.277 e. The summed E-state index contributed by atoms with van der Waals surface area (Å²) in [5, 5.41) is 4.25. The molecular formula is C9H12N2O3. The van der Waals surface area contributed by atoms with Gasteiger partial charge in [-0.2, -0.15) is 0 Å². The molecule has 1 saturated carbocycles. The quantitative estimate of drug-likeness (QED) is 0.586. The smallest absolute Gasteiger partial charge is 0.277 e. The van der Waals surface area contributed by atoms with Crippen molar-refractivity contribution in [2.45, 2.75) is 25.7 Å². The van der Waals surface area contributed by atoms with Gasteiger partial charge in [0.25, 0.3) is 0 Å². The fourth-order valence-corrected chi connectivity index (χ4v) is 2.25. The highest BCUT2D eigenvalue weighted by atomic mass is 16.2. The van der Waals surface area contributed by atoms with Crippen LogP contribution >= 0.6 is 0 Å². The molecule has 1 saturated heterocycles. The average molecular weight is 196 g/mol. The van der Waals surface area contributed by atoms with Gasteiger partial charge in [-0.05, 0) is 18.8 Å². The zero-order valence-corrected chi connectivity index (χ0v) is 7.71. The van der Waals surface area contributed by atoms with Crippen LogP contribution in [0.3, 0.4) is 0 Å². The summed E-state index contributed by atoms with van der Waals surface area (Å²) < 4.78 is 0. The lowest BCUT2D eigenvalue weighted by Gasteiger charge is -2.24. The van der Waals surface area contributed by atoms with Gasteiger partial charge in [-0.1, -0.05) is 12.8 Å². The van der Waals surface area contributed by atoms with Crippen LogP contribution in [0.5, 0.6) is 0 Å². The minimum atomic E-state index is -0.700. The number of hydrogen-bond donors (Lipinski definition) is 2. The van der Waals surface area contributed by atoms with E-state index in [1.807, 2.05) is 0 Å². The topological polar surface area (TPSA) is 75.3 Å². The molecule has 5 heteroatoms. The monoisotopic (exact) mass is 196 g/mol. The van der Waals surface area contributed by atoms with Crippen LogP contribution in [0.15, 0.2) is 0 Å². The van der Waals surface area contributed by atoms with E-state index in [0.29, 0.717) is 0 Å². The maximum atomic E-state index is 11.4. The van der Waals surface area contributed by atoms with Crippen LogP contribution in [-0.4, -0.2) is 17.8 Å². The highest BCUT2D eigenvalue weighted by Gasteiger charge is 2.40. The highest BCUT2D eigenvalue weighted by molar-refractivity contribution is 6.16. The maximum Gasteiger partial charge on any atom is 0.328 e. The second-order valence-electron chi connectivity index (χ2n) is 3.83. The van der Waals surface area contributed by atoms with E-state index in [-0.39, 0.29) is 5.92 Å². The number of amides is 4. The molecule has 0 spiro atoms. The minimum absolute atomic E-state index is 0.114. The lowest BCUT2D eigenvalue weighted by Crippen LogP contribution is -2.57. The molecular weight excluding hydrogens is 184 g/mol. The molecule has 0 bridgehead atoms. The first-order chi connectivity index (χ1) is 6.68. The Morgan fingerprint density at radius 2 is 1.43 bits per heavy atom. The Morgan fingerprint density at radius 1 is 0.929 bits per heavy atom. The highest BCUT2D eigenvalue weighted by Crippen LogP contribution is 2.32. The fourth-order valence-electron chi connectivity index (χ4n) is 2.25. The molecule has 2 aliphatic rings. The molecule has 1 aliphatic carbocycles. The Morgan fingerprint density at radius 3 is 1.93 bits per heavy atom. The van der Waals surface area contributed by atoms with Crippen LogP contribution in [0.25, 0.3) is 0 Å². The molecule has 2 rings (SSSR count). The van der Waals surface area contributed by atoms with E-state index in [1.165, 1.54) is 0 Å². The van der Waals surface area contributed by atoms with Gasteiger partial charge in [0.15, 0.2) is 0 Å². The van der Waals surface area contributed by atoms with Crippen molar-refractivity contribution < 1.29 is 14.4 Å². The van der Waals surface area contributed by atoms with E-state index in [4.69, 9.17) is 0 Å². The zero-order chi connectivity index (χ0) is 10.1. The van der Waals surface area contributed by atoms with Crippen LogP contribution in [0.1, 0.15) is 25.7 Å². The molecule has 0 unspecified atom stereocenters. The molecule has 0 radical (unpaired) electrons. The molecule has 0 atom stereocenters. The van der Waals surface area contributed by atoms with Gasteiger partial charge in [0.05, 0.1) is 0 Å². The summed E-state index contributed by atoms with van der Waals surface area (Å²) in [4.78, 5) is 33.6. The number of barbiturate groups is 1. The molecule has 2 N–H and O–H groups in total. The fraction of sp³-hybridized carbons (Fsp3) is 0.667. The summed E-state index contributed by atoms with van der Waals surface area (Å²) in [7, 11) is 0. The van der Waals surface area contributed by atoms with E-state index >= 15 is 0 Å². The third-order valence-corrected chi connectivity index (χ3v) is 2.91. The number of hydrogen-bond acceptors (Lipinski definition) is 3. The standard InChI is InChI=1S/C9H12N2O3/c12-7-6(5-3-1-2-4-5)8(13)11-9(14)10-7/h5-6H,1-4H2,(H2,10,11,12,13,14). The van der Waals surface area contributed by atoms with E-state index in [9.17, 15) is 14.4 Å². The Bertz CT molecular complexity index is 274. The Kier molecular flexibility index (Phi) is 2.23. The summed E-state index contributed by atoms with van der Waals surface area (Å²) in [6.45, 7) is 0. The van der Waals surface area contributed by atoms with Crippen LogP contribution < -0.4 is 10.6 Å². The first-order valence-corrected chi connectivity index (χ1v) is 4.84. The lowest BCUT2D eigenvalue weighted by molar-refractivity contribution is -0.138. The predicted octanol–water partition coefficient (Wildman–Crippen LogP) is 0.159. The van der Waals surface area contributed by atoms with E-state index in [2.05, 4.69) is 10.6 Å². The Balaban J connectivity index is 2.12. The van der Waals surface area contributed by atoms with Gasteiger partial charge in [0, 0.05) is 0 Å². The summed E-state index contributed by atoms with van der Waals surface area (Å²) in [6, 6.07) is -0.700. The molecule has 14 heavy (non-hydrogen) atoms. The van der Waals surface area contributed by atoms with Crippen molar-refractivity contribution in [3.8, 4) is 0 Å². The summed E-state index contributed by atoms with van der Waals surface area (Å²) >= 11 is 0. The number of carbonyl (C=O) groups excluding carboxylic acids is 3. The van der Waals surface area contributed by atoms with Gasteiger partial charge in [-0.3, -0.25) is 20.2 Å². The van der Waals surface area contributed by atoms with Gasteiger partial charge in [-0.25, -0.2) is 4.79 Å². The van der Waals surface area contributed by atoms with E-state index in [1.54, 1.807) is 0 Å². The lowest BCUT2D eigenvalue weighted by atomic mass is 9.88. The molecule has 5 nitrogen and oxygen atoms in total. The number of urea groups is 1. The normalized spacial score (nSPS) is 25.0. The van der Waals surface area contributed by atoms with E-state index < -0.39 is 23.8 Å². The van der Waals surface area contributed by atoms with Gasteiger partial charge in [0.2, 0.25) is 11.8 Å². The zero-order valence-electron chi connectivity index (χ0n) is 7.71. The van der Waals surface area contributed by atoms with Gasteiger partial charge >= 0.3 is 6.03 Å². The average Bonchev–Trinajstić information content (AvgIpc) is 2.54. The van der Waals surface area contributed by atoms with Crippen molar-refractivity contribution in [3.63, 3.8) is 0 Å². The van der Waals surface area contributed by atoms with Crippen LogP contribution in [0, 0.1) is 11.8 Å². The largest absolute Gasteiger partial charge is 0.328 e. The number of imide groups is 2. The van der Waals surface area contributed by atoms with Gasteiger partial charge in [0.1, 0.15) is 5.92 Å². The molecule has 0 aromatic heterocycles. The van der Waals surface area contributed by atoms with Crippen LogP contribution in [0.2, 0.25) is 0 Å². The molecule has 2 fully saturated rings. The van der Waals surface area contributed by atoms with Crippen LogP contribution in [0.4, 0.5) is 4.79 Å². The van der Waals surface area contributed by atoms with Crippen molar-refractivity contribution in [2.75, 3.05) is 0 Å². The second-order valence-corrected chi connectivity index (χ2v) is 3.83. The van der Waals surface area contributed by atoms with Crippen molar-refractivity contribution >= 4 is 17.8 Å². The first kappa shape index (κ1) is 9.18. The SMILES string of the molecule is O=C1NC(=O)C(C2CCCC2)C(=O)N1. The molecule has 0 aromatic carbocycles. The van der Waals surface area contributed by atoms with Gasteiger partial charge in [-0.15, -0.1) is 0 Å². The van der Waals surface area contributed by atoms with Crippen molar-refractivity contribution in [3.05, 3.63) is 0 Å². The molecule has 1 heterocycles. The second kappa shape index (κ2) is 3.40. The summed E-state index contributed by atoms with van der Waals surface area (Å²) in [6.07, 6.45) is 3.94. The maximum absolute atomic E-state index is 11.4. The number of nitrogens with one attached hydrogen (secondary N) is 2. The summed E-state index contributed by atoms with van der Waals surface area (Å²) in [5.74, 6) is -1.42. The van der Waals surface area contributed by atoms with Crippen LogP contribution in [-0.2, 0) is 9.59 Å². The molecule has 0 aromatic rings. The summed E-state index contributed by atoms with van der Waals surface area (Å²) in [5.41, 5.74) is 0. The third-order valence-electron chi connectivity index (χ3n) is 2.91. The van der Waals surface area contributed by atoms with Crippen molar-refractivity contribution in [2.24, 2.45) is 11.8 Å².